The second-order valence-electron chi connectivity index (χ2n) is 3.97. The summed E-state index contributed by atoms with van der Waals surface area (Å²) >= 11 is 0. The van der Waals surface area contributed by atoms with Gasteiger partial charge in [-0.1, -0.05) is 6.07 Å². The highest BCUT2D eigenvalue weighted by Crippen LogP contribution is 2.10. The zero-order valence-corrected chi connectivity index (χ0v) is 10.8. The van der Waals surface area contributed by atoms with Crippen LogP contribution in [0.1, 0.15) is 18.4 Å². The number of nitrogens with zero attached hydrogens (tertiary/aromatic N) is 1. The highest BCUT2D eigenvalue weighted by atomic mass is 32.2. The lowest BCUT2D eigenvalue weighted by Crippen LogP contribution is -2.13. The van der Waals surface area contributed by atoms with Gasteiger partial charge >= 0.3 is 0 Å². The highest BCUT2D eigenvalue weighted by Gasteiger charge is 2.06. The molecule has 0 saturated carbocycles. The van der Waals surface area contributed by atoms with E-state index in [1.165, 1.54) is 0 Å². The highest BCUT2D eigenvalue weighted by molar-refractivity contribution is 7.90. The van der Waals surface area contributed by atoms with Gasteiger partial charge < -0.3 is 5.32 Å². The number of hydrogen-bond donors (Lipinski definition) is 1. The number of sulfone groups is 1. The van der Waals surface area contributed by atoms with Gasteiger partial charge in [0.1, 0.15) is 9.84 Å². The van der Waals surface area contributed by atoms with Crippen molar-refractivity contribution in [3.63, 3.8) is 0 Å². The molecule has 0 aliphatic carbocycles. The van der Waals surface area contributed by atoms with Crippen molar-refractivity contribution in [3.8, 4) is 6.07 Å². The molecule has 1 rings (SSSR count). The van der Waals surface area contributed by atoms with E-state index in [0.29, 0.717) is 17.7 Å². The van der Waals surface area contributed by atoms with Gasteiger partial charge in [-0.15, -0.1) is 0 Å². The third-order valence-electron chi connectivity index (χ3n) is 2.19. The van der Waals surface area contributed by atoms with E-state index in [1.54, 1.807) is 24.3 Å². The Morgan fingerprint density at radius 1 is 1.44 bits per heavy atom. The fraction of sp³-hybridized carbons (Fsp3) is 0.333. The van der Waals surface area contributed by atoms with Crippen LogP contribution in [0.4, 0.5) is 5.69 Å². The summed E-state index contributed by atoms with van der Waals surface area (Å²) in [5.74, 6) is -0.257. The van der Waals surface area contributed by atoms with Gasteiger partial charge in [0.05, 0.1) is 17.4 Å². The van der Waals surface area contributed by atoms with Crippen LogP contribution < -0.4 is 5.32 Å². The normalized spacial score (nSPS) is 10.7. The molecular weight excluding hydrogens is 252 g/mol. The summed E-state index contributed by atoms with van der Waals surface area (Å²) in [6, 6.07) is 8.52. The third kappa shape index (κ3) is 5.46. The molecule has 6 heteroatoms. The first-order chi connectivity index (χ1) is 8.40. The maximum atomic E-state index is 11.5. The molecule has 0 aromatic heterocycles. The predicted octanol–water partition coefficient (Wildman–Crippen LogP) is 1.32. The monoisotopic (exact) mass is 266 g/mol. The molecule has 1 aromatic carbocycles. The molecule has 0 atom stereocenters. The fourth-order valence-electron chi connectivity index (χ4n) is 1.38. The number of rotatable bonds is 5. The van der Waals surface area contributed by atoms with Gasteiger partial charge in [-0.2, -0.15) is 5.26 Å². The molecule has 0 spiro atoms. The van der Waals surface area contributed by atoms with Crippen LogP contribution in [0.2, 0.25) is 0 Å². The number of carbonyl (C=O) groups is 1. The SMILES string of the molecule is CS(=O)(=O)CCCC(=O)Nc1cccc(C#N)c1. The van der Waals surface area contributed by atoms with Crippen molar-refractivity contribution in [2.45, 2.75) is 12.8 Å². The Hall–Kier alpha value is -1.87. The number of hydrogen-bond acceptors (Lipinski definition) is 4. The van der Waals surface area contributed by atoms with E-state index < -0.39 is 9.84 Å². The van der Waals surface area contributed by atoms with Gasteiger partial charge in [0.25, 0.3) is 0 Å². The minimum absolute atomic E-state index is 0.00133. The molecular formula is C12H14N2O3S. The first-order valence-electron chi connectivity index (χ1n) is 5.38. The van der Waals surface area contributed by atoms with Crippen molar-refractivity contribution in [3.05, 3.63) is 29.8 Å². The molecule has 18 heavy (non-hydrogen) atoms. The molecule has 5 nitrogen and oxygen atoms in total. The standard InChI is InChI=1S/C12H14N2O3S/c1-18(16,17)7-3-6-12(15)14-11-5-2-4-10(8-11)9-13/h2,4-5,8H,3,6-7H2,1H3,(H,14,15). The molecule has 1 N–H and O–H groups in total. The van der Waals surface area contributed by atoms with Gasteiger partial charge in [0, 0.05) is 18.4 Å². The first-order valence-corrected chi connectivity index (χ1v) is 7.44. The average molecular weight is 266 g/mol. The number of benzene rings is 1. The smallest absolute Gasteiger partial charge is 0.224 e. The third-order valence-corrected chi connectivity index (χ3v) is 3.22. The molecule has 0 aliphatic heterocycles. The van der Waals surface area contributed by atoms with E-state index in [4.69, 9.17) is 5.26 Å². The van der Waals surface area contributed by atoms with Crippen LogP contribution in [-0.2, 0) is 14.6 Å². The molecule has 0 aliphatic rings. The minimum atomic E-state index is -3.03. The zero-order valence-electron chi connectivity index (χ0n) is 10.0. The summed E-state index contributed by atoms with van der Waals surface area (Å²) in [6.45, 7) is 0. The maximum Gasteiger partial charge on any atom is 0.224 e. The predicted molar refractivity (Wildman–Crippen MR) is 68.7 cm³/mol. The Labute approximate surface area is 106 Å². The van der Waals surface area contributed by atoms with Crippen LogP contribution in [0.25, 0.3) is 0 Å². The summed E-state index contributed by atoms with van der Waals surface area (Å²) in [7, 11) is -3.03. The number of amides is 1. The van der Waals surface area contributed by atoms with Gasteiger partial charge in [-0.3, -0.25) is 4.79 Å². The van der Waals surface area contributed by atoms with E-state index in [9.17, 15) is 13.2 Å². The van der Waals surface area contributed by atoms with Crippen molar-refractivity contribution in [2.75, 3.05) is 17.3 Å². The Bertz CT molecular complexity index is 573. The lowest BCUT2D eigenvalue weighted by atomic mass is 10.2. The van der Waals surface area contributed by atoms with Gasteiger partial charge in [-0.25, -0.2) is 8.42 Å². The quantitative estimate of drug-likeness (QED) is 0.870. The van der Waals surface area contributed by atoms with E-state index in [1.807, 2.05) is 6.07 Å². The van der Waals surface area contributed by atoms with Crippen molar-refractivity contribution in [1.82, 2.24) is 0 Å². The van der Waals surface area contributed by atoms with Crippen LogP contribution in [0, 0.1) is 11.3 Å². The van der Waals surface area contributed by atoms with E-state index >= 15 is 0 Å². The van der Waals surface area contributed by atoms with Crippen LogP contribution >= 0.6 is 0 Å². The van der Waals surface area contributed by atoms with E-state index in [2.05, 4.69) is 5.32 Å². The first kappa shape index (κ1) is 14.2. The number of carbonyl (C=O) groups excluding carboxylic acids is 1. The molecule has 1 amide bonds. The Balaban J connectivity index is 2.47. The topological polar surface area (TPSA) is 87.0 Å². The summed E-state index contributed by atoms with van der Waals surface area (Å²) < 4.78 is 21.8. The van der Waals surface area contributed by atoms with E-state index in [-0.39, 0.29) is 18.1 Å². The van der Waals surface area contributed by atoms with Crippen LogP contribution in [-0.4, -0.2) is 26.3 Å². The lowest BCUT2D eigenvalue weighted by molar-refractivity contribution is -0.116. The lowest BCUT2D eigenvalue weighted by Gasteiger charge is -2.04. The van der Waals surface area contributed by atoms with Gasteiger partial charge in [0.2, 0.25) is 5.91 Å². The molecule has 0 fully saturated rings. The van der Waals surface area contributed by atoms with Crippen molar-refractivity contribution in [2.24, 2.45) is 0 Å². The average Bonchev–Trinajstić information content (AvgIpc) is 2.27. The van der Waals surface area contributed by atoms with Crippen molar-refractivity contribution < 1.29 is 13.2 Å². The molecule has 0 unspecified atom stereocenters. The van der Waals surface area contributed by atoms with Crippen molar-refractivity contribution in [1.29, 1.82) is 5.26 Å². The Morgan fingerprint density at radius 2 is 2.17 bits per heavy atom. The summed E-state index contributed by atoms with van der Waals surface area (Å²) in [6.07, 6.45) is 1.58. The van der Waals surface area contributed by atoms with Crippen LogP contribution in [0.3, 0.4) is 0 Å². The van der Waals surface area contributed by atoms with Gasteiger partial charge in [0.15, 0.2) is 0 Å². The van der Waals surface area contributed by atoms with Crippen LogP contribution in [0.5, 0.6) is 0 Å². The number of anilines is 1. The molecule has 0 heterocycles. The summed E-state index contributed by atoms with van der Waals surface area (Å²) in [5, 5.41) is 11.3. The summed E-state index contributed by atoms with van der Waals surface area (Å²) in [4.78, 5) is 11.5. The maximum absolute atomic E-state index is 11.5. The second kappa shape index (κ2) is 6.17. The molecule has 1 aromatic rings. The fourth-order valence-corrected chi connectivity index (χ4v) is 2.05. The molecule has 0 saturated heterocycles. The number of nitriles is 1. The molecule has 0 radical (unpaired) electrons. The summed E-state index contributed by atoms with van der Waals surface area (Å²) in [5.41, 5.74) is 1.00. The van der Waals surface area contributed by atoms with Crippen molar-refractivity contribution >= 4 is 21.4 Å². The second-order valence-corrected chi connectivity index (χ2v) is 6.23. The largest absolute Gasteiger partial charge is 0.326 e. The minimum Gasteiger partial charge on any atom is -0.326 e. The van der Waals surface area contributed by atoms with Gasteiger partial charge in [-0.05, 0) is 24.6 Å². The number of nitrogens with one attached hydrogen (secondary N) is 1. The Morgan fingerprint density at radius 3 is 2.78 bits per heavy atom. The van der Waals surface area contributed by atoms with Crippen LogP contribution in [0.15, 0.2) is 24.3 Å². The zero-order chi connectivity index (χ0) is 13.6. The van der Waals surface area contributed by atoms with E-state index in [0.717, 1.165) is 6.26 Å². The Kier molecular flexibility index (Phi) is 4.86. The molecule has 96 valence electrons. The molecule has 0 bridgehead atoms.